The minimum atomic E-state index is -0.328. The van der Waals surface area contributed by atoms with Crippen LogP contribution in [0.15, 0.2) is 0 Å². The maximum atomic E-state index is 10.1. The van der Waals surface area contributed by atoms with Gasteiger partial charge in [0.25, 0.3) is 0 Å². The Hall–Kier alpha value is -0.530. The van der Waals surface area contributed by atoms with Crippen LogP contribution in [-0.4, -0.2) is 12.1 Å². The molecule has 1 radical (unpaired) electrons. The molecule has 0 amide bonds. The van der Waals surface area contributed by atoms with Gasteiger partial charge in [0.15, 0.2) is 0 Å². The molecule has 0 bridgehead atoms. The molecule has 0 rings (SSSR count). The van der Waals surface area contributed by atoms with E-state index in [2.05, 4.69) is 6.92 Å². The molecule has 0 unspecified atom stereocenters. The Kier molecular flexibility index (Phi) is 8.44. The van der Waals surface area contributed by atoms with Gasteiger partial charge >= 0.3 is 6.47 Å². The van der Waals surface area contributed by atoms with E-state index in [0.717, 1.165) is 12.8 Å². The summed E-state index contributed by atoms with van der Waals surface area (Å²) in [6.45, 7) is 7.64. The molecule has 89 valence electrons. The van der Waals surface area contributed by atoms with E-state index in [1.165, 1.54) is 45.0 Å². The Morgan fingerprint density at radius 1 is 1.00 bits per heavy atom. The number of carbonyl (C=O) groups excluding carboxylic acids is 1. The van der Waals surface area contributed by atoms with Crippen LogP contribution < -0.4 is 0 Å². The van der Waals surface area contributed by atoms with E-state index < -0.39 is 0 Å². The van der Waals surface area contributed by atoms with Crippen LogP contribution >= 0.6 is 0 Å². The molecule has 0 saturated heterocycles. The van der Waals surface area contributed by atoms with Crippen molar-refractivity contribution in [2.75, 3.05) is 0 Å². The van der Waals surface area contributed by atoms with Crippen LogP contribution in [0, 0.1) is 0 Å². The fourth-order valence-electron chi connectivity index (χ4n) is 1.67. The molecule has 0 heterocycles. The summed E-state index contributed by atoms with van der Waals surface area (Å²) < 4.78 is 4.87. The largest absolute Gasteiger partial charge is 0.451 e. The predicted molar refractivity (Wildman–Crippen MR) is 63.5 cm³/mol. The summed E-state index contributed by atoms with van der Waals surface area (Å²) in [6, 6.07) is 0. The third kappa shape index (κ3) is 9.77. The van der Waals surface area contributed by atoms with Crippen LogP contribution in [0.2, 0.25) is 0 Å². The number of hydrogen-bond acceptors (Lipinski definition) is 2. The molecule has 0 N–H and O–H groups in total. The third-order valence-electron chi connectivity index (χ3n) is 2.70. The van der Waals surface area contributed by atoms with Gasteiger partial charge in [0.2, 0.25) is 0 Å². The molecule has 0 atom stereocenters. The lowest BCUT2D eigenvalue weighted by atomic mass is 9.99. The predicted octanol–water partition coefficient (Wildman–Crippen LogP) is 3.99. The zero-order valence-corrected chi connectivity index (χ0v) is 10.5. The fourth-order valence-corrected chi connectivity index (χ4v) is 1.67. The summed E-state index contributed by atoms with van der Waals surface area (Å²) in [4.78, 5) is 10.1. The first-order valence-corrected chi connectivity index (χ1v) is 6.17. The molecule has 15 heavy (non-hydrogen) atoms. The van der Waals surface area contributed by atoms with Crippen molar-refractivity contribution in [3.63, 3.8) is 0 Å². The number of hydrogen-bond donors (Lipinski definition) is 0. The van der Waals surface area contributed by atoms with E-state index in [4.69, 9.17) is 4.74 Å². The molecule has 0 spiro atoms. The third-order valence-corrected chi connectivity index (χ3v) is 2.70. The number of rotatable bonds is 10. The first-order valence-electron chi connectivity index (χ1n) is 6.17. The quantitative estimate of drug-likeness (QED) is 0.513. The van der Waals surface area contributed by atoms with Crippen molar-refractivity contribution >= 4 is 6.47 Å². The van der Waals surface area contributed by atoms with Gasteiger partial charge in [-0.05, 0) is 26.7 Å². The van der Waals surface area contributed by atoms with E-state index in [0.29, 0.717) is 0 Å². The van der Waals surface area contributed by atoms with Crippen LogP contribution in [0.5, 0.6) is 0 Å². The summed E-state index contributed by atoms with van der Waals surface area (Å²) in [5.41, 5.74) is -0.328. The monoisotopic (exact) mass is 213 g/mol. The van der Waals surface area contributed by atoms with Crippen molar-refractivity contribution in [1.29, 1.82) is 0 Å². The minimum Gasteiger partial charge on any atom is -0.451 e. The SMILES string of the molecule is CCCCCCCCCC(C)(C)O[C]=O. The second-order valence-corrected chi connectivity index (χ2v) is 4.82. The standard InChI is InChI=1S/C13H25O2/c1-4-5-6-7-8-9-10-11-13(2,3)15-12-14/h4-11H2,1-3H3. The highest BCUT2D eigenvalue weighted by molar-refractivity contribution is 5.39. The average Bonchev–Trinajstić information content (AvgIpc) is 2.16. The lowest BCUT2D eigenvalue weighted by molar-refractivity contribution is 0.0772. The van der Waals surface area contributed by atoms with Crippen molar-refractivity contribution in [2.45, 2.75) is 77.7 Å². The van der Waals surface area contributed by atoms with Gasteiger partial charge in [0.05, 0.1) is 0 Å². The van der Waals surface area contributed by atoms with Gasteiger partial charge in [-0.2, -0.15) is 0 Å². The molecule has 0 saturated carbocycles. The lowest BCUT2D eigenvalue weighted by Gasteiger charge is -2.21. The van der Waals surface area contributed by atoms with Crippen LogP contribution in [0.3, 0.4) is 0 Å². The molecule has 0 aromatic rings. The van der Waals surface area contributed by atoms with Gasteiger partial charge in [0, 0.05) is 0 Å². The summed E-state index contributed by atoms with van der Waals surface area (Å²) in [5.74, 6) is 0. The van der Waals surface area contributed by atoms with Crippen LogP contribution in [0.4, 0.5) is 0 Å². The molecular weight excluding hydrogens is 188 g/mol. The zero-order chi connectivity index (χ0) is 11.6. The van der Waals surface area contributed by atoms with Gasteiger partial charge in [-0.15, -0.1) is 0 Å². The van der Waals surface area contributed by atoms with Crippen molar-refractivity contribution in [3.05, 3.63) is 0 Å². The average molecular weight is 213 g/mol. The number of ether oxygens (including phenoxy) is 1. The van der Waals surface area contributed by atoms with E-state index in [9.17, 15) is 4.79 Å². The molecule has 2 nitrogen and oxygen atoms in total. The minimum absolute atomic E-state index is 0.328. The lowest BCUT2D eigenvalue weighted by Crippen LogP contribution is -2.23. The Labute approximate surface area is 94.4 Å². The molecule has 0 fully saturated rings. The van der Waals surface area contributed by atoms with E-state index in [1.54, 1.807) is 0 Å². The van der Waals surface area contributed by atoms with Crippen LogP contribution in [0.1, 0.15) is 72.1 Å². The van der Waals surface area contributed by atoms with Crippen molar-refractivity contribution in [3.8, 4) is 0 Å². The van der Waals surface area contributed by atoms with Gasteiger partial charge in [-0.25, -0.2) is 4.79 Å². The molecule has 0 aliphatic rings. The Bertz CT molecular complexity index is 153. The smallest absolute Gasteiger partial charge is 0.418 e. The molecule has 2 heteroatoms. The topological polar surface area (TPSA) is 26.3 Å². The Morgan fingerprint density at radius 2 is 1.53 bits per heavy atom. The summed E-state index contributed by atoms with van der Waals surface area (Å²) in [5, 5.41) is 0. The summed E-state index contributed by atoms with van der Waals surface area (Å²) >= 11 is 0. The molecule has 0 aliphatic heterocycles. The zero-order valence-electron chi connectivity index (χ0n) is 10.5. The maximum absolute atomic E-state index is 10.1. The fraction of sp³-hybridized carbons (Fsp3) is 0.923. The molecule has 0 aliphatic carbocycles. The highest BCUT2D eigenvalue weighted by Crippen LogP contribution is 2.18. The van der Waals surface area contributed by atoms with E-state index >= 15 is 0 Å². The summed E-state index contributed by atoms with van der Waals surface area (Å²) in [7, 11) is 0. The van der Waals surface area contributed by atoms with Crippen molar-refractivity contribution < 1.29 is 9.53 Å². The first kappa shape index (κ1) is 14.5. The second kappa shape index (κ2) is 8.75. The van der Waals surface area contributed by atoms with Crippen LogP contribution in [0.25, 0.3) is 0 Å². The highest BCUT2D eigenvalue weighted by atomic mass is 16.5. The van der Waals surface area contributed by atoms with E-state index in [-0.39, 0.29) is 5.60 Å². The Morgan fingerprint density at radius 3 is 2.07 bits per heavy atom. The van der Waals surface area contributed by atoms with Crippen molar-refractivity contribution in [1.82, 2.24) is 0 Å². The first-order chi connectivity index (χ1) is 7.12. The molecule has 0 aromatic heterocycles. The maximum Gasteiger partial charge on any atom is 0.418 e. The van der Waals surface area contributed by atoms with Crippen molar-refractivity contribution in [2.24, 2.45) is 0 Å². The van der Waals surface area contributed by atoms with Gasteiger partial charge in [0.1, 0.15) is 5.60 Å². The van der Waals surface area contributed by atoms with E-state index in [1.807, 2.05) is 13.8 Å². The molecular formula is C13H25O2. The normalized spacial score (nSPS) is 11.4. The number of unbranched alkanes of at least 4 members (excludes halogenated alkanes) is 6. The summed E-state index contributed by atoms with van der Waals surface area (Å²) in [6.07, 6.45) is 9.99. The van der Waals surface area contributed by atoms with Crippen LogP contribution in [-0.2, 0) is 9.53 Å². The molecule has 0 aromatic carbocycles. The van der Waals surface area contributed by atoms with Gasteiger partial charge in [-0.3, -0.25) is 0 Å². The van der Waals surface area contributed by atoms with Gasteiger partial charge in [-0.1, -0.05) is 45.4 Å². The highest BCUT2D eigenvalue weighted by Gasteiger charge is 2.17. The Balaban J connectivity index is 3.26. The van der Waals surface area contributed by atoms with Gasteiger partial charge < -0.3 is 4.74 Å². The second-order valence-electron chi connectivity index (χ2n) is 4.82.